The lowest BCUT2D eigenvalue weighted by atomic mass is 10.0. The monoisotopic (exact) mass is 286 g/mol. The highest BCUT2D eigenvalue weighted by molar-refractivity contribution is 5.33. The minimum absolute atomic E-state index is 0.306. The van der Waals surface area contributed by atoms with Crippen LogP contribution in [0.3, 0.4) is 0 Å². The molecule has 1 fully saturated rings. The summed E-state index contributed by atoms with van der Waals surface area (Å²) in [5.41, 5.74) is 0.797. The van der Waals surface area contributed by atoms with Crippen LogP contribution in [0.5, 0.6) is 11.5 Å². The third-order valence-electron chi connectivity index (χ3n) is 3.39. The average Bonchev–Trinajstić information content (AvgIpc) is 2.57. The van der Waals surface area contributed by atoms with Crippen molar-refractivity contribution in [3.63, 3.8) is 0 Å². The Balaban J connectivity index is 1.66. The van der Waals surface area contributed by atoms with E-state index in [9.17, 15) is 5.11 Å². The largest absolute Gasteiger partial charge is 0.457 e. The van der Waals surface area contributed by atoms with E-state index in [-0.39, 0.29) is 6.10 Å². The highest BCUT2D eigenvalue weighted by Crippen LogP contribution is 2.26. The molecule has 110 valence electrons. The van der Waals surface area contributed by atoms with Gasteiger partial charge in [-0.15, -0.1) is 0 Å². The quantitative estimate of drug-likeness (QED) is 0.938. The van der Waals surface area contributed by atoms with E-state index < -0.39 is 6.10 Å². The summed E-state index contributed by atoms with van der Waals surface area (Å²) >= 11 is 0. The number of hydrogen-bond donors (Lipinski definition) is 1. The van der Waals surface area contributed by atoms with Crippen molar-refractivity contribution in [1.29, 1.82) is 0 Å². The van der Waals surface area contributed by atoms with Gasteiger partial charge in [-0.1, -0.05) is 30.3 Å². The first-order valence-electron chi connectivity index (χ1n) is 7.03. The Bertz CT molecular complexity index is 547. The van der Waals surface area contributed by atoms with Crippen LogP contribution in [0, 0.1) is 0 Å². The van der Waals surface area contributed by atoms with Gasteiger partial charge in [0.15, 0.2) is 0 Å². The Morgan fingerprint density at radius 3 is 2.33 bits per heavy atom. The van der Waals surface area contributed by atoms with E-state index in [1.807, 2.05) is 54.6 Å². The second-order valence-electron chi connectivity index (χ2n) is 4.91. The van der Waals surface area contributed by atoms with E-state index in [1.54, 1.807) is 0 Å². The molecule has 0 aromatic heterocycles. The van der Waals surface area contributed by atoms with Crippen LogP contribution in [0.2, 0.25) is 0 Å². The molecule has 0 radical (unpaired) electrons. The molecule has 0 aliphatic carbocycles. The average molecular weight is 286 g/mol. The number of rotatable bonds is 4. The summed E-state index contributed by atoms with van der Waals surface area (Å²) < 4.78 is 16.6. The maximum absolute atomic E-state index is 10.3. The lowest BCUT2D eigenvalue weighted by Gasteiger charge is -2.27. The predicted molar refractivity (Wildman–Crippen MR) is 78.5 cm³/mol. The summed E-state index contributed by atoms with van der Waals surface area (Å²) in [7, 11) is 0. The van der Waals surface area contributed by atoms with Gasteiger partial charge in [0.1, 0.15) is 23.7 Å². The van der Waals surface area contributed by atoms with E-state index in [0.717, 1.165) is 17.1 Å². The fraction of sp³-hybridized carbons (Fsp3) is 0.294. The van der Waals surface area contributed by atoms with Crippen molar-refractivity contribution >= 4 is 0 Å². The summed E-state index contributed by atoms with van der Waals surface area (Å²) in [6.07, 6.45) is -0.990. The number of para-hydroxylation sites is 1. The molecule has 2 unspecified atom stereocenters. The molecule has 0 bridgehead atoms. The van der Waals surface area contributed by atoms with Crippen molar-refractivity contribution < 1.29 is 19.3 Å². The van der Waals surface area contributed by atoms with Gasteiger partial charge in [0, 0.05) is 0 Å². The van der Waals surface area contributed by atoms with Gasteiger partial charge in [0.05, 0.1) is 19.8 Å². The molecule has 21 heavy (non-hydrogen) atoms. The molecule has 2 atom stereocenters. The Labute approximate surface area is 123 Å². The number of ether oxygens (including phenoxy) is 3. The Morgan fingerprint density at radius 2 is 1.67 bits per heavy atom. The molecular formula is C17H18O4. The fourth-order valence-electron chi connectivity index (χ4n) is 2.26. The summed E-state index contributed by atoms with van der Waals surface area (Å²) in [5.74, 6) is 1.52. The SMILES string of the molecule is OC(c1ccc(Oc2ccccc2)cc1)C1COCCO1. The highest BCUT2D eigenvalue weighted by atomic mass is 16.6. The topological polar surface area (TPSA) is 47.9 Å². The molecule has 4 nitrogen and oxygen atoms in total. The van der Waals surface area contributed by atoms with Crippen molar-refractivity contribution in [2.24, 2.45) is 0 Å². The molecule has 1 aliphatic rings. The van der Waals surface area contributed by atoms with Gasteiger partial charge in [0.2, 0.25) is 0 Å². The molecule has 1 N–H and O–H groups in total. The van der Waals surface area contributed by atoms with Crippen molar-refractivity contribution in [3.8, 4) is 11.5 Å². The van der Waals surface area contributed by atoms with Gasteiger partial charge >= 0.3 is 0 Å². The standard InChI is InChI=1S/C17H18O4/c18-17(16-12-19-10-11-20-16)13-6-8-15(9-7-13)21-14-4-2-1-3-5-14/h1-9,16-18H,10-12H2. The predicted octanol–water partition coefficient (Wildman–Crippen LogP) is 2.93. The van der Waals surface area contributed by atoms with Crippen LogP contribution in [0.25, 0.3) is 0 Å². The number of benzene rings is 2. The summed E-state index contributed by atoms with van der Waals surface area (Å²) in [6, 6.07) is 17.0. The summed E-state index contributed by atoms with van der Waals surface area (Å²) in [6.45, 7) is 1.54. The maximum atomic E-state index is 10.3. The minimum Gasteiger partial charge on any atom is -0.457 e. The van der Waals surface area contributed by atoms with Gasteiger partial charge in [-0.2, -0.15) is 0 Å². The molecule has 0 spiro atoms. The second kappa shape index (κ2) is 6.72. The third-order valence-corrected chi connectivity index (χ3v) is 3.39. The highest BCUT2D eigenvalue weighted by Gasteiger charge is 2.24. The van der Waals surface area contributed by atoms with Crippen LogP contribution in [0.4, 0.5) is 0 Å². The summed E-state index contributed by atoms with van der Waals surface area (Å²) in [5, 5.41) is 10.3. The molecule has 0 saturated carbocycles. The second-order valence-corrected chi connectivity index (χ2v) is 4.91. The van der Waals surface area contributed by atoms with E-state index in [0.29, 0.717) is 19.8 Å². The van der Waals surface area contributed by atoms with E-state index in [1.165, 1.54) is 0 Å². The van der Waals surface area contributed by atoms with E-state index in [2.05, 4.69) is 0 Å². The Hall–Kier alpha value is -1.88. The van der Waals surface area contributed by atoms with Gasteiger partial charge in [0.25, 0.3) is 0 Å². The lowest BCUT2D eigenvalue weighted by Crippen LogP contribution is -2.33. The van der Waals surface area contributed by atoms with Gasteiger partial charge < -0.3 is 19.3 Å². The van der Waals surface area contributed by atoms with E-state index in [4.69, 9.17) is 14.2 Å². The molecule has 3 rings (SSSR count). The van der Waals surface area contributed by atoms with Gasteiger partial charge in [-0.3, -0.25) is 0 Å². The molecule has 0 amide bonds. The van der Waals surface area contributed by atoms with Crippen LogP contribution in [-0.2, 0) is 9.47 Å². The Morgan fingerprint density at radius 1 is 0.952 bits per heavy atom. The van der Waals surface area contributed by atoms with Gasteiger partial charge in [-0.25, -0.2) is 0 Å². The zero-order valence-electron chi connectivity index (χ0n) is 11.6. The molecule has 1 aliphatic heterocycles. The third kappa shape index (κ3) is 3.61. The summed E-state index contributed by atoms with van der Waals surface area (Å²) in [4.78, 5) is 0. The normalized spacial score (nSPS) is 20.0. The van der Waals surface area contributed by atoms with Crippen LogP contribution >= 0.6 is 0 Å². The molecule has 1 heterocycles. The van der Waals surface area contributed by atoms with Crippen molar-refractivity contribution in [2.45, 2.75) is 12.2 Å². The zero-order chi connectivity index (χ0) is 14.5. The van der Waals surface area contributed by atoms with E-state index >= 15 is 0 Å². The number of aliphatic hydroxyl groups excluding tert-OH is 1. The van der Waals surface area contributed by atoms with Gasteiger partial charge in [-0.05, 0) is 29.8 Å². The van der Waals surface area contributed by atoms with Crippen LogP contribution in [-0.4, -0.2) is 31.0 Å². The molecule has 1 saturated heterocycles. The number of hydrogen-bond acceptors (Lipinski definition) is 4. The zero-order valence-corrected chi connectivity index (χ0v) is 11.6. The van der Waals surface area contributed by atoms with Crippen molar-refractivity contribution in [3.05, 3.63) is 60.2 Å². The molecule has 2 aromatic carbocycles. The number of aliphatic hydroxyl groups is 1. The van der Waals surface area contributed by atoms with Crippen LogP contribution in [0.1, 0.15) is 11.7 Å². The first-order valence-corrected chi connectivity index (χ1v) is 7.03. The molecule has 2 aromatic rings. The Kier molecular flexibility index (Phi) is 4.50. The molecule has 4 heteroatoms. The maximum Gasteiger partial charge on any atom is 0.127 e. The molecular weight excluding hydrogens is 268 g/mol. The van der Waals surface area contributed by atoms with Crippen molar-refractivity contribution in [1.82, 2.24) is 0 Å². The minimum atomic E-state index is -0.684. The first kappa shape index (κ1) is 14.1. The van der Waals surface area contributed by atoms with Crippen LogP contribution in [0.15, 0.2) is 54.6 Å². The van der Waals surface area contributed by atoms with Crippen LogP contribution < -0.4 is 4.74 Å². The van der Waals surface area contributed by atoms with Crippen molar-refractivity contribution in [2.75, 3.05) is 19.8 Å². The first-order chi connectivity index (χ1) is 10.3. The fourth-order valence-corrected chi connectivity index (χ4v) is 2.26. The smallest absolute Gasteiger partial charge is 0.127 e. The lowest BCUT2D eigenvalue weighted by molar-refractivity contribution is -0.133.